The van der Waals surface area contributed by atoms with Gasteiger partial charge in [0, 0.05) is 15.5 Å². The summed E-state index contributed by atoms with van der Waals surface area (Å²) in [5.74, 6) is 0.897. The van der Waals surface area contributed by atoms with Crippen LogP contribution in [-0.2, 0) is 12.0 Å². The summed E-state index contributed by atoms with van der Waals surface area (Å²) in [6.45, 7) is 7.66. The quantitative estimate of drug-likeness (QED) is 0.502. The van der Waals surface area contributed by atoms with Crippen molar-refractivity contribution in [2.75, 3.05) is 11.6 Å². The molecule has 0 fully saturated rings. The zero-order valence-electron chi connectivity index (χ0n) is 14.5. The van der Waals surface area contributed by atoms with Crippen molar-refractivity contribution in [1.29, 1.82) is 0 Å². The molecule has 1 aromatic carbocycles. The highest BCUT2D eigenvalue weighted by atomic mass is 79.9. The number of thiazole rings is 1. The number of aromatic nitrogens is 4. The molecule has 0 unspecified atom stereocenters. The molecule has 0 N–H and O–H groups in total. The van der Waals surface area contributed by atoms with Crippen LogP contribution in [0.4, 0.5) is 5.13 Å². The number of hydrogen-bond donors (Lipinski definition) is 0. The van der Waals surface area contributed by atoms with E-state index in [2.05, 4.69) is 73.7 Å². The molecule has 2 aromatic heterocycles. The van der Waals surface area contributed by atoms with E-state index in [1.807, 2.05) is 6.07 Å². The van der Waals surface area contributed by atoms with Gasteiger partial charge in [-0.1, -0.05) is 48.0 Å². The molecule has 26 heavy (non-hydrogen) atoms. The van der Waals surface area contributed by atoms with E-state index in [1.165, 1.54) is 0 Å². The lowest BCUT2D eigenvalue weighted by molar-refractivity contribution is 0.287. The van der Waals surface area contributed by atoms with Crippen LogP contribution in [0.3, 0.4) is 0 Å². The number of benzene rings is 1. The maximum Gasteiger partial charge on any atom is 0.190 e. The van der Waals surface area contributed by atoms with Gasteiger partial charge in [0.2, 0.25) is 0 Å². The van der Waals surface area contributed by atoms with Gasteiger partial charge in [-0.3, -0.25) is 0 Å². The van der Waals surface area contributed by atoms with Crippen LogP contribution < -0.4 is 9.64 Å². The van der Waals surface area contributed by atoms with Crippen molar-refractivity contribution in [2.24, 2.45) is 0 Å². The van der Waals surface area contributed by atoms with E-state index >= 15 is 0 Å². The minimum absolute atomic E-state index is 0.101. The van der Waals surface area contributed by atoms with Gasteiger partial charge >= 0.3 is 0 Å². The molecule has 0 atom stereocenters. The average molecular weight is 499 g/mol. The van der Waals surface area contributed by atoms with Gasteiger partial charge in [-0.15, -0.1) is 0 Å². The lowest BCUT2D eigenvalue weighted by Gasteiger charge is -2.29. The van der Waals surface area contributed by atoms with Crippen molar-refractivity contribution in [3.63, 3.8) is 0 Å². The van der Waals surface area contributed by atoms with Gasteiger partial charge in [-0.05, 0) is 28.1 Å². The second-order valence-electron chi connectivity index (χ2n) is 7.09. The Hall–Kier alpha value is -1.45. The molecule has 4 rings (SSSR count). The van der Waals surface area contributed by atoms with Crippen LogP contribution in [0.1, 0.15) is 32.0 Å². The van der Waals surface area contributed by atoms with Crippen LogP contribution in [0.5, 0.6) is 5.75 Å². The maximum atomic E-state index is 5.99. The molecule has 3 heterocycles. The second kappa shape index (κ2) is 6.61. The van der Waals surface area contributed by atoms with Gasteiger partial charge in [0.15, 0.2) is 11.9 Å². The summed E-state index contributed by atoms with van der Waals surface area (Å²) in [5, 5.41) is 6.20. The Balaban J connectivity index is 1.73. The first-order valence-electron chi connectivity index (χ1n) is 8.05. The summed E-state index contributed by atoms with van der Waals surface area (Å²) in [6, 6.07) is 4.08. The summed E-state index contributed by atoms with van der Waals surface area (Å²) >= 11 is 8.73. The van der Waals surface area contributed by atoms with Crippen LogP contribution in [0.25, 0.3) is 5.00 Å². The van der Waals surface area contributed by atoms with Crippen LogP contribution in [0, 0.1) is 0 Å². The third-order valence-electron chi connectivity index (χ3n) is 4.02. The molecule has 6 nitrogen and oxygen atoms in total. The summed E-state index contributed by atoms with van der Waals surface area (Å²) in [7, 11) is 0. The predicted octanol–water partition coefficient (Wildman–Crippen LogP) is 4.90. The number of hydrogen-bond acceptors (Lipinski definition) is 6. The monoisotopic (exact) mass is 497 g/mol. The van der Waals surface area contributed by atoms with Crippen molar-refractivity contribution < 1.29 is 4.74 Å². The molecule has 3 aromatic rings. The van der Waals surface area contributed by atoms with Gasteiger partial charge in [0.05, 0.1) is 16.7 Å². The first-order valence-corrected chi connectivity index (χ1v) is 10.4. The fraction of sp³-hybridized carbons (Fsp3) is 0.353. The topological polar surface area (TPSA) is 56.1 Å². The number of ether oxygens (including phenoxy) is 1. The van der Waals surface area contributed by atoms with Gasteiger partial charge in [0.25, 0.3) is 0 Å². The third-order valence-corrected chi connectivity index (χ3v) is 6.17. The van der Waals surface area contributed by atoms with E-state index in [9.17, 15) is 0 Å². The molecular formula is C17H17Br2N5OS. The third kappa shape index (κ3) is 3.27. The lowest BCUT2D eigenvalue weighted by Crippen LogP contribution is -2.32. The van der Waals surface area contributed by atoms with Crippen molar-refractivity contribution >= 4 is 48.3 Å². The number of anilines is 1. The minimum atomic E-state index is -0.101. The molecule has 9 heteroatoms. The molecule has 0 bridgehead atoms. The van der Waals surface area contributed by atoms with E-state index in [4.69, 9.17) is 9.72 Å². The summed E-state index contributed by atoms with van der Waals surface area (Å²) in [6.07, 6.45) is 3.25. The van der Waals surface area contributed by atoms with E-state index in [0.29, 0.717) is 6.73 Å². The van der Waals surface area contributed by atoms with Crippen LogP contribution in [-0.4, -0.2) is 26.5 Å². The molecule has 0 aliphatic carbocycles. The molecule has 0 amide bonds. The molecule has 136 valence electrons. The largest absolute Gasteiger partial charge is 0.471 e. The van der Waals surface area contributed by atoms with E-state index in [1.54, 1.807) is 28.7 Å². The van der Waals surface area contributed by atoms with Crippen LogP contribution in [0.2, 0.25) is 0 Å². The van der Waals surface area contributed by atoms with Crippen molar-refractivity contribution in [3.05, 3.63) is 45.0 Å². The highest BCUT2D eigenvalue weighted by Gasteiger charge is 2.29. The summed E-state index contributed by atoms with van der Waals surface area (Å²) in [4.78, 5) is 11.1. The van der Waals surface area contributed by atoms with E-state index < -0.39 is 0 Å². The first-order chi connectivity index (χ1) is 12.3. The van der Waals surface area contributed by atoms with Crippen molar-refractivity contribution in [1.82, 2.24) is 19.7 Å². The predicted molar refractivity (Wildman–Crippen MR) is 109 cm³/mol. The SMILES string of the molecule is CC(C)(C)c1nc(N2COc3c(Br)cc(Br)cc3C2)sc1-n1cncn1. The van der Waals surface area contributed by atoms with Gasteiger partial charge in [-0.2, -0.15) is 5.10 Å². The highest BCUT2D eigenvalue weighted by Crippen LogP contribution is 2.40. The number of nitrogens with zero attached hydrogens (tertiary/aromatic N) is 5. The standard InChI is InChI=1S/C17H17Br2N5OS/c1-17(2,3)14-15(24-8-20-7-21-24)26-16(22-14)23-6-10-4-11(18)5-12(19)13(10)25-9-23/h4-5,7-8H,6,9H2,1-3H3. The number of fused-ring (bicyclic) bond motifs is 1. The first kappa shape index (κ1) is 17.9. The lowest BCUT2D eigenvalue weighted by atomic mass is 9.92. The molecular weight excluding hydrogens is 482 g/mol. The van der Waals surface area contributed by atoms with Crippen LogP contribution >= 0.6 is 43.2 Å². The Morgan fingerprint density at radius 3 is 2.73 bits per heavy atom. The average Bonchev–Trinajstić information content (AvgIpc) is 3.23. The van der Waals surface area contributed by atoms with Crippen molar-refractivity contribution in [3.8, 4) is 10.8 Å². The normalized spacial score (nSPS) is 14.3. The Labute approximate surface area is 172 Å². The molecule has 1 aliphatic heterocycles. The molecule has 0 saturated heterocycles. The Kier molecular flexibility index (Phi) is 4.56. The Morgan fingerprint density at radius 1 is 1.23 bits per heavy atom. The highest BCUT2D eigenvalue weighted by molar-refractivity contribution is 9.11. The summed E-state index contributed by atoms with van der Waals surface area (Å²) < 4.78 is 9.75. The number of halogens is 2. The molecule has 0 saturated carbocycles. The fourth-order valence-corrected chi connectivity index (χ4v) is 5.42. The smallest absolute Gasteiger partial charge is 0.190 e. The zero-order chi connectivity index (χ0) is 18.5. The Bertz CT molecular complexity index is 949. The Morgan fingerprint density at radius 2 is 2.04 bits per heavy atom. The molecule has 1 aliphatic rings. The molecule has 0 radical (unpaired) electrons. The second-order valence-corrected chi connectivity index (χ2v) is 9.81. The number of rotatable bonds is 2. The van der Waals surface area contributed by atoms with Gasteiger partial charge < -0.3 is 9.64 Å². The van der Waals surface area contributed by atoms with Crippen molar-refractivity contribution in [2.45, 2.75) is 32.7 Å². The van der Waals surface area contributed by atoms with Crippen LogP contribution in [0.15, 0.2) is 33.7 Å². The van der Waals surface area contributed by atoms with Gasteiger partial charge in [-0.25, -0.2) is 14.6 Å². The molecule has 0 spiro atoms. The minimum Gasteiger partial charge on any atom is -0.471 e. The zero-order valence-corrected chi connectivity index (χ0v) is 18.5. The van der Waals surface area contributed by atoms with Gasteiger partial charge in [0.1, 0.15) is 23.4 Å². The fourth-order valence-electron chi connectivity index (χ4n) is 2.80. The summed E-state index contributed by atoms with van der Waals surface area (Å²) in [5.41, 5.74) is 2.02. The van der Waals surface area contributed by atoms with E-state index in [0.717, 1.165) is 42.6 Å². The maximum absolute atomic E-state index is 5.99. The van der Waals surface area contributed by atoms with E-state index in [-0.39, 0.29) is 5.41 Å².